The van der Waals surface area contributed by atoms with Gasteiger partial charge < -0.3 is 11.1 Å². The van der Waals surface area contributed by atoms with E-state index in [9.17, 15) is 14.9 Å². The molecule has 0 aromatic heterocycles. The van der Waals surface area contributed by atoms with E-state index in [2.05, 4.69) is 5.32 Å². The standard InChI is InChI=1S/C14H19N3O3/c1-9-5-6-10(7-13(9)17(19)20)14(18)16-12-4-2-3-11(12)8-15/h5-7,11-12H,2-4,8,15H2,1H3,(H,16,18). The van der Waals surface area contributed by atoms with Crippen LogP contribution < -0.4 is 11.1 Å². The van der Waals surface area contributed by atoms with E-state index in [0.29, 0.717) is 23.6 Å². The molecule has 1 amide bonds. The van der Waals surface area contributed by atoms with Gasteiger partial charge in [-0.3, -0.25) is 14.9 Å². The fourth-order valence-corrected chi connectivity index (χ4v) is 2.71. The van der Waals surface area contributed by atoms with Crippen LogP contribution in [-0.4, -0.2) is 23.4 Å². The molecule has 1 fully saturated rings. The van der Waals surface area contributed by atoms with Gasteiger partial charge in [0.2, 0.25) is 0 Å². The summed E-state index contributed by atoms with van der Waals surface area (Å²) in [5.74, 6) is 0.0397. The minimum Gasteiger partial charge on any atom is -0.349 e. The molecule has 20 heavy (non-hydrogen) atoms. The number of nitrogens with one attached hydrogen (secondary N) is 1. The molecule has 1 aliphatic rings. The molecule has 6 heteroatoms. The minimum atomic E-state index is -0.468. The quantitative estimate of drug-likeness (QED) is 0.647. The Balaban J connectivity index is 2.13. The molecule has 0 aliphatic heterocycles. The van der Waals surface area contributed by atoms with E-state index in [4.69, 9.17) is 5.73 Å². The van der Waals surface area contributed by atoms with Crippen molar-refractivity contribution in [1.82, 2.24) is 5.32 Å². The van der Waals surface area contributed by atoms with Crippen LogP contribution in [0.4, 0.5) is 5.69 Å². The topological polar surface area (TPSA) is 98.3 Å². The van der Waals surface area contributed by atoms with Crippen molar-refractivity contribution in [3.63, 3.8) is 0 Å². The number of amides is 1. The highest BCUT2D eigenvalue weighted by molar-refractivity contribution is 5.95. The second-order valence-corrected chi connectivity index (χ2v) is 5.27. The van der Waals surface area contributed by atoms with Crippen molar-refractivity contribution in [2.75, 3.05) is 6.54 Å². The van der Waals surface area contributed by atoms with Gasteiger partial charge in [0.15, 0.2) is 0 Å². The zero-order valence-electron chi connectivity index (χ0n) is 11.5. The molecule has 0 bridgehead atoms. The first-order valence-corrected chi connectivity index (χ1v) is 6.79. The number of carbonyl (C=O) groups is 1. The first-order valence-electron chi connectivity index (χ1n) is 6.79. The molecule has 6 nitrogen and oxygen atoms in total. The third kappa shape index (κ3) is 2.96. The molecule has 0 radical (unpaired) electrons. The summed E-state index contributed by atoms with van der Waals surface area (Å²) in [4.78, 5) is 22.6. The summed E-state index contributed by atoms with van der Waals surface area (Å²) < 4.78 is 0. The van der Waals surface area contributed by atoms with Gasteiger partial charge in [-0.2, -0.15) is 0 Å². The molecule has 1 aromatic rings. The van der Waals surface area contributed by atoms with E-state index in [1.54, 1.807) is 19.1 Å². The van der Waals surface area contributed by atoms with E-state index >= 15 is 0 Å². The Kier molecular flexibility index (Phi) is 4.34. The zero-order chi connectivity index (χ0) is 14.7. The summed E-state index contributed by atoms with van der Waals surface area (Å²) >= 11 is 0. The van der Waals surface area contributed by atoms with Crippen molar-refractivity contribution in [3.05, 3.63) is 39.4 Å². The van der Waals surface area contributed by atoms with Crippen LogP contribution in [0.2, 0.25) is 0 Å². The Bertz CT molecular complexity index is 530. The number of hydrogen-bond acceptors (Lipinski definition) is 4. The zero-order valence-corrected chi connectivity index (χ0v) is 11.5. The molecular formula is C14H19N3O3. The second kappa shape index (κ2) is 6.00. The lowest BCUT2D eigenvalue weighted by molar-refractivity contribution is -0.385. The Morgan fingerprint density at radius 2 is 2.25 bits per heavy atom. The third-order valence-corrected chi connectivity index (χ3v) is 3.95. The number of carbonyl (C=O) groups excluding carboxylic acids is 1. The summed E-state index contributed by atoms with van der Waals surface area (Å²) in [6.45, 7) is 2.21. The van der Waals surface area contributed by atoms with Gasteiger partial charge in [0.05, 0.1) is 4.92 Å². The molecule has 1 saturated carbocycles. The van der Waals surface area contributed by atoms with Crippen molar-refractivity contribution in [3.8, 4) is 0 Å². The monoisotopic (exact) mass is 277 g/mol. The fourth-order valence-electron chi connectivity index (χ4n) is 2.71. The normalized spacial score (nSPS) is 21.7. The van der Waals surface area contributed by atoms with Crippen LogP contribution in [0, 0.1) is 23.0 Å². The van der Waals surface area contributed by atoms with Gasteiger partial charge >= 0.3 is 0 Å². The number of benzene rings is 1. The second-order valence-electron chi connectivity index (χ2n) is 5.27. The van der Waals surface area contributed by atoms with E-state index in [1.165, 1.54) is 6.07 Å². The van der Waals surface area contributed by atoms with E-state index in [-0.39, 0.29) is 17.6 Å². The Labute approximate surface area is 117 Å². The van der Waals surface area contributed by atoms with Crippen LogP contribution >= 0.6 is 0 Å². The van der Waals surface area contributed by atoms with Crippen LogP contribution in [0.3, 0.4) is 0 Å². The molecule has 2 unspecified atom stereocenters. The maximum absolute atomic E-state index is 12.2. The van der Waals surface area contributed by atoms with Crippen molar-refractivity contribution in [2.45, 2.75) is 32.2 Å². The number of nitrogens with zero attached hydrogens (tertiary/aromatic N) is 1. The fraction of sp³-hybridized carbons (Fsp3) is 0.500. The molecule has 108 valence electrons. The van der Waals surface area contributed by atoms with Crippen LogP contribution in [0.5, 0.6) is 0 Å². The number of nitro benzene ring substituents is 1. The summed E-state index contributed by atoms with van der Waals surface area (Å²) in [5, 5.41) is 13.8. The average Bonchev–Trinajstić information content (AvgIpc) is 2.86. The van der Waals surface area contributed by atoms with Crippen molar-refractivity contribution in [2.24, 2.45) is 11.7 Å². The van der Waals surface area contributed by atoms with Crippen LogP contribution in [0.1, 0.15) is 35.2 Å². The first kappa shape index (κ1) is 14.5. The molecule has 1 aliphatic carbocycles. The van der Waals surface area contributed by atoms with Gasteiger partial charge in [-0.15, -0.1) is 0 Å². The molecule has 0 saturated heterocycles. The lowest BCUT2D eigenvalue weighted by Crippen LogP contribution is -2.39. The summed E-state index contributed by atoms with van der Waals surface area (Å²) in [5.41, 5.74) is 6.53. The molecule has 0 heterocycles. The number of nitro groups is 1. The Morgan fingerprint density at radius 3 is 2.90 bits per heavy atom. The molecule has 3 N–H and O–H groups in total. The van der Waals surface area contributed by atoms with Crippen LogP contribution in [0.25, 0.3) is 0 Å². The van der Waals surface area contributed by atoms with Crippen molar-refractivity contribution < 1.29 is 9.72 Å². The van der Waals surface area contributed by atoms with Gasteiger partial charge in [-0.25, -0.2) is 0 Å². The highest BCUT2D eigenvalue weighted by atomic mass is 16.6. The van der Waals surface area contributed by atoms with Crippen molar-refractivity contribution >= 4 is 11.6 Å². The number of nitrogens with two attached hydrogens (primary N) is 1. The summed E-state index contributed by atoms with van der Waals surface area (Å²) in [6.07, 6.45) is 3.00. The van der Waals surface area contributed by atoms with Gasteiger partial charge in [-0.1, -0.05) is 12.5 Å². The van der Waals surface area contributed by atoms with Gasteiger partial charge in [-0.05, 0) is 38.3 Å². The lowest BCUT2D eigenvalue weighted by atomic mass is 10.0. The largest absolute Gasteiger partial charge is 0.349 e. The average molecular weight is 277 g/mol. The van der Waals surface area contributed by atoms with Crippen molar-refractivity contribution in [1.29, 1.82) is 0 Å². The molecule has 1 aromatic carbocycles. The van der Waals surface area contributed by atoms with E-state index in [0.717, 1.165) is 19.3 Å². The lowest BCUT2D eigenvalue weighted by Gasteiger charge is -2.19. The highest BCUT2D eigenvalue weighted by Crippen LogP contribution is 2.25. The molecule has 2 atom stereocenters. The molecule has 2 rings (SSSR count). The van der Waals surface area contributed by atoms with E-state index < -0.39 is 4.92 Å². The maximum atomic E-state index is 12.2. The van der Waals surface area contributed by atoms with Gasteiger partial charge in [0.25, 0.3) is 11.6 Å². The predicted molar refractivity (Wildman–Crippen MR) is 75.5 cm³/mol. The van der Waals surface area contributed by atoms with E-state index in [1.807, 2.05) is 0 Å². The highest BCUT2D eigenvalue weighted by Gasteiger charge is 2.28. The van der Waals surface area contributed by atoms with Crippen LogP contribution in [0.15, 0.2) is 18.2 Å². The summed E-state index contributed by atoms with van der Waals surface area (Å²) in [7, 11) is 0. The maximum Gasteiger partial charge on any atom is 0.273 e. The Hall–Kier alpha value is -1.95. The minimum absolute atomic E-state index is 0.0283. The first-order chi connectivity index (χ1) is 9.52. The van der Waals surface area contributed by atoms with Gasteiger partial charge in [0, 0.05) is 23.2 Å². The predicted octanol–water partition coefficient (Wildman–Crippen LogP) is 1.76. The van der Waals surface area contributed by atoms with Crippen LogP contribution in [-0.2, 0) is 0 Å². The molecule has 0 spiro atoms. The smallest absolute Gasteiger partial charge is 0.273 e. The molecular weight excluding hydrogens is 258 g/mol. The number of rotatable bonds is 4. The number of aryl methyl sites for hydroxylation is 1. The number of hydrogen-bond donors (Lipinski definition) is 2. The van der Waals surface area contributed by atoms with Gasteiger partial charge in [0.1, 0.15) is 0 Å². The summed E-state index contributed by atoms with van der Waals surface area (Å²) in [6, 6.07) is 4.62. The SMILES string of the molecule is Cc1ccc(C(=O)NC2CCCC2CN)cc1[N+](=O)[O-]. The Morgan fingerprint density at radius 1 is 1.50 bits per heavy atom. The third-order valence-electron chi connectivity index (χ3n) is 3.95.